The van der Waals surface area contributed by atoms with E-state index in [0.717, 1.165) is 33.6 Å². The average molecular weight is 756 g/mol. The average Bonchev–Trinajstić information content (AvgIpc) is 3.89. The van der Waals surface area contributed by atoms with Crippen LogP contribution in [0.4, 0.5) is 0 Å². The third kappa shape index (κ3) is 5.01. The minimum atomic E-state index is -0.110. The second-order valence-electron chi connectivity index (χ2n) is 16.0. The summed E-state index contributed by atoms with van der Waals surface area (Å²) in [6.07, 6.45) is 0. The van der Waals surface area contributed by atoms with Crippen molar-refractivity contribution in [3.63, 3.8) is 0 Å². The highest BCUT2D eigenvalue weighted by atomic mass is 15.0. The topological polar surface area (TPSA) is 48.5 Å². The van der Waals surface area contributed by atoms with E-state index in [1.807, 2.05) is 60.7 Å². The summed E-state index contributed by atoms with van der Waals surface area (Å²) in [5.74, 6) is 1.93. The maximum atomic E-state index is 5.02. The van der Waals surface area contributed by atoms with Crippen LogP contribution in [0.25, 0.3) is 100 Å². The van der Waals surface area contributed by atoms with Crippen molar-refractivity contribution in [3.8, 4) is 56.7 Å². The van der Waals surface area contributed by atoms with Crippen LogP contribution in [-0.4, -0.2) is 24.1 Å². The van der Waals surface area contributed by atoms with Crippen molar-refractivity contribution in [1.29, 1.82) is 0 Å². The summed E-state index contributed by atoms with van der Waals surface area (Å²) in [4.78, 5) is 15.0. The van der Waals surface area contributed by atoms with E-state index in [4.69, 9.17) is 15.0 Å². The van der Waals surface area contributed by atoms with Crippen LogP contribution in [0.15, 0.2) is 188 Å². The third-order valence-corrected chi connectivity index (χ3v) is 12.4. The maximum Gasteiger partial charge on any atom is 0.164 e. The number of nitrogens with zero attached hydrogens (tertiary/aromatic N) is 5. The van der Waals surface area contributed by atoms with E-state index in [-0.39, 0.29) is 5.41 Å². The van der Waals surface area contributed by atoms with E-state index in [9.17, 15) is 0 Å². The minimum Gasteiger partial charge on any atom is -0.309 e. The molecule has 0 atom stereocenters. The zero-order chi connectivity index (χ0) is 39.2. The highest BCUT2D eigenvalue weighted by molar-refractivity contribution is 6.18. The summed E-state index contributed by atoms with van der Waals surface area (Å²) in [5, 5.41) is 5.02. The molecule has 5 nitrogen and oxygen atoms in total. The van der Waals surface area contributed by atoms with Crippen LogP contribution >= 0.6 is 0 Å². The molecular weight excluding hydrogens is 719 g/mol. The summed E-state index contributed by atoms with van der Waals surface area (Å²) >= 11 is 0. The van der Waals surface area contributed by atoms with Crippen LogP contribution in [0.2, 0.25) is 0 Å². The molecule has 0 fully saturated rings. The molecular formula is C54H37N5. The van der Waals surface area contributed by atoms with Crippen LogP contribution in [0, 0.1) is 0 Å². The van der Waals surface area contributed by atoms with Crippen molar-refractivity contribution in [2.75, 3.05) is 0 Å². The molecule has 278 valence electrons. The Hall–Kier alpha value is -7.63. The molecule has 1 aliphatic rings. The van der Waals surface area contributed by atoms with Gasteiger partial charge in [-0.15, -0.1) is 0 Å². The first-order chi connectivity index (χ1) is 29.0. The molecule has 3 heterocycles. The first-order valence-electron chi connectivity index (χ1n) is 20.2. The fourth-order valence-corrected chi connectivity index (χ4v) is 9.60. The van der Waals surface area contributed by atoms with Gasteiger partial charge in [-0.05, 0) is 76.9 Å². The molecule has 59 heavy (non-hydrogen) atoms. The van der Waals surface area contributed by atoms with Crippen LogP contribution < -0.4 is 0 Å². The van der Waals surface area contributed by atoms with Crippen molar-refractivity contribution in [2.45, 2.75) is 19.3 Å². The Labute approximate surface area is 341 Å². The van der Waals surface area contributed by atoms with Gasteiger partial charge in [0.2, 0.25) is 0 Å². The molecule has 0 bridgehead atoms. The molecule has 3 aromatic heterocycles. The van der Waals surface area contributed by atoms with Gasteiger partial charge in [-0.3, -0.25) is 0 Å². The van der Waals surface area contributed by atoms with E-state index in [1.165, 1.54) is 60.3 Å². The van der Waals surface area contributed by atoms with Crippen LogP contribution in [-0.2, 0) is 5.41 Å². The Kier molecular flexibility index (Phi) is 7.20. The van der Waals surface area contributed by atoms with E-state index in [0.29, 0.717) is 17.5 Å². The summed E-state index contributed by atoms with van der Waals surface area (Å²) in [6.45, 7) is 4.71. The van der Waals surface area contributed by atoms with Gasteiger partial charge in [0, 0.05) is 55.0 Å². The number of fused-ring (bicyclic) bond motifs is 10. The summed E-state index contributed by atoms with van der Waals surface area (Å²) < 4.78 is 4.85. The van der Waals surface area contributed by atoms with E-state index < -0.39 is 0 Å². The third-order valence-electron chi connectivity index (χ3n) is 12.4. The SMILES string of the molecule is CC1(C)c2ccccc2-c2c1ccc1c2c2ccc(-n3c4ccccc4c4ccccc43)cc2n1-c1ccc(-c2nc(-c3ccccc3)nc(-c3ccccc3)n2)cc1. The van der Waals surface area contributed by atoms with Gasteiger partial charge in [0.05, 0.1) is 22.1 Å². The van der Waals surface area contributed by atoms with Crippen molar-refractivity contribution in [1.82, 2.24) is 24.1 Å². The summed E-state index contributed by atoms with van der Waals surface area (Å²) in [6, 6.07) is 67.1. The number of hydrogen-bond acceptors (Lipinski definition) is 3. The second kappa shape index (κ2) is 12.7. The molecule has 0 unspecified atom stereocenters. The highest BCUT2D eigenvalue weighted by Gasteiger charge is 2.37. The lowest BCUT2D eigenvalue weighted by Crippen LogP contribution is -2.14. The van der Waals surface area contributed by atoms with Crippen molar-refractivity contribution in [3.05, 3.63) is 199 Å². The molecule has 11 aromatic rings. The molecule has 0 amide bonds. The number of aromatic nitrogens is 5. The second-order valence-corrected chi connectivity index (χ2v) is 16.0. The van der Waals surface area contributed by atoms with E-state index >= 15 is 0 Å². The maximum absolute atomic E-state index is 5.02. The lowest BCUT2D eigenvalue weighted by atomic mass is 9.82. The van der Waals surface area contributed by atoms with Crippen LogP contribution in [0.5, 0.6) is 0 Å². The van der Waals surface area contributed by atoms with Gasteiger partial charge in [0.1, 0.15) is 0 Å². The van der Waals surface area contributed by atoms with Crippen molar-refractivity contribution >= 4 is 43.6 Å². The zero-order valence-corrected chi connectivity index (χ0v) is 32.6. The standard InChI is InChI=1S/C54H37N5/c1-54(2)43-22-12-9-21-41(43)49-44(54)31-32-47-50(49)42-30-29-38(59-45-23-13-10-19-39(45)40-20-11-14-24-46(40)59)33-48(42)58(47)37-27-25-36(26-28-37)53-56-51(34-15-5-3-6-16-34)55-52(57-53)35-17-7-4-8-18-35/h3-33H,1-2H3. The predicted octanol–water partition coefficient (Wildman–Crippen LogP) is 13.4. The fourth-order valence-electron chi connectivity index (χ4n) is 9.60. The van der Waals surface area contributed by atoms with Gasteiger partial charge in [-0.25, -0.2) is 15.0 Å². The number of hydrogen-bond donors (Lipinski definition) is 0. The van der Waals surface area contributed by atoms with Crippen molar-refractivity contribution < 1.29 is 0 Å². The van der Waals surface area contributed by atoms with Gasteiger partial charge in [0.25, 0.3) is 0 Å². The summed E-state index contributed by atoms with van der Waals surface area (Å²) in [5.41, 5.74) is 15.0. The van der Waals surface area contributed by atoms with Gasteiger partial charge in [-0.1, -0.05) is 147 Å². The summed E-state index contributed by atoms with van der Waals surface area (Å²) in [7, 11) is 0. The molecule has 1 aliphatic carbocycles. The number of benzene rings is 8. The Morgan fingerprint density at radius 2 is 0.881 bits per heavy atom. The lowest BCUT2D eigenvalue weighted by Gasteiger charge is -2.21. The number of para-hydroxylation sites is 2. The van der Waals surface area contributed by atoms with Crippen molar-refractivity contribution in [2.24, 2.45) is 0 Å². The van der Waals surface area contributed by atoms with Crippen LogP contribution in [0.1, 0.15) is 25.0 Å². The molecule has 0 saturated heterocycles. The normalized spacial score (nSPS) is 13.1. The molecule has 5 heteroatoms. The monoisotopic (exact) mass is 755 g/mol. The Balaban J connectivity index is 1.09. The molecule has 0 N–H and O–H groups in total. The Bertz CT molecular complexity index is 3340. The first-order valence-corrected chi connectivity index (χ1v) is 20.2. The largest absolute Gasteiger partial charge is 0.309 e. The van der Waals surface area contributed by atoms with Gasteiger partial charge in [-0.2, -0.15) is 0 Å². The Morgan fingerprint density at radius 1 is 0.373 bits per heavy atom. The van der Waals surface area contributed by atoms with Gasteiger partial charge < -0.3 is 9.13 Å². The highest BCUT2D eigenvalue weighted by Crippen LogP contribution is 2.53. The fraction of sp³-hybridized carbons (Fsp3) is 0.0556. The lowest BCUT2D eigenvalue weighted by molar-refractivity contribution is 0.661. The van der Waals surface area contributed by atoms with Gasteiger partial charge >= 0.3 is 0 Å². The number of rotatable bonds is 5. The van der Waals surface area contributed by atoms with E-state index in [2.05, 4.69) is 150 Å². The minimum absolute atomic E-state index is 0.110. The molecule has 12 rings (SSSR count). The van der Waals surface area contributed by atoms with Crippen LogP contribution in [0.3, 0.4) is 0 Å². The molecule has 0 saturated carbocycles. The molecule has 0 aliphatic heterocycles. The zero-order valence-electron chi connectivity index (χ0n) is 32.6. The molecule has 0 radical (unpaired) electrons. The molecule has 8 aromatic carbocycles. The predicted molar refractivity (Wildman–Crippen MR) is 242 cm³/mol. The van der Waals surface area contributed by atoms with E-state index in [1.54, 1.807) is 0 Å². The Morgan fingerprint density at radius 3 is 1.51 bits per heavy atom. The quantitative estimate of drug-likeness (QED) is 0.176. The smallest absolute Gasteiger partial charge is 0.164 e. The first kappa shape index (κ1) is 33.5. The molecule has 0 spiro atoms. The van der Waals surface area contributed by atoms with Gasteiger partial charge in [0.15, 0.2) is 17.5 Å².